The zero-order valence-electron chi connectivity index (χ0n) is 35.2. The molecule has 4 N–H and O–H groups in total. The Morgan fingerprint density at radius 3 is 1.02 bits per heavy atom. The van der Waals surface area contributed by atoms with Gasteiger partial charge in [0, 0.05) is 34.2 Å². The third-order valence-electron chi connectivity index (χ3n) is 11.7. The number of amides is 2. The maximum Gasteiger partial charge on any atom is 0.261 e. The summed E-state index contributed by atoms with van der Waals surface area (Å²) in [5, 5.41) is 0. The minimum absolute atomic E-state index is 0.0419. The van der Waals surface area contributed by atoms with Crippen LogP contribution in [0, 0.1) is 0 Å². The van der Waals surface area contributed by atoms with Crippen LogP contribution in [0.25, 0.3) is 32.3 Å². The van der Waals surface area contributed by atoms with Crippen molar-refractivity contribution >= 4 is 57.3 Å². The lowest BCUT2D eigenvalue weighted by Gasteiger charge is -2.24. The fraction of sp³-hybridized carbons (Fsp3) is 0.480. The standard InChI is InChI=1S/C50H66N4O2S2/c1-3-5-7-9-11-13-15-17-19-21-35-53-47(43-33-31-41(57-43)37-23-27-39(51)28-24-37)45-46(49(53)55)48(44-34-32-42(58-44)38-25-29-40(52)30-26-38)54(50(45)56)36-22-20-18-16-14-12-10-8-6-4-2/h23-34H,3-22,35-36,51-52H2,1-2H3. The molecule has 0 saturated carbocycles. The van der Waals surface area contributed by atoms with E-state index in [1.165, 1.54) is 103 Å². The monoisotopic (exact) mass is 818 g/mol. The molecule has 8 heteroatoms. The van der Waals surface area contributed by atoms with Crippen LogP contribution >= 0.6 is 22.7 Å². The molecule has 4 aromatic rings. The molecule has 0 fully saturated rings. The maximum atomic E-state index is 14.9. The Morgan fingerprint density at radius 1 is 0.397 bits per heavy atom. The first kappa shape index (κ1) is 43.4. The smallest absolute Gasteiger partial charge is 0.261 e. The summed E-state index contributed by atoms with van der Waals surface area (Å²) in [4.78, 5) is 37.9. The van der Waals surface area contributed by atoms with Gasteiger partial charge in [0.2, 0.25) is 0 Å². The number of nitrogens with two attached hydrogens (primary N) is 2. The molecule has 6 nitrogen and oxygen atoms in total. The highest BCUT2D eigenvalue weighted by Crippen LogP contribution is 2.50. The van der Waals surface area contributed by atoms with Gasteiger partial charge in [-0.3, -0.25) is 9.59 Å². The molecule has 2 aliphatic rings. The zero-order chi connectivity index (χ0) is 40.7. The molecular weight excluding hydrogens is 753 g/mol. The minimum Gasteiger partial charge on any atom is -0.399 e. The fourth-order valence-electron chi connectivity index (χ4n) is 8.39. The van der Waals surface area contributed by atoms with E-state index in [1.807, 2.05) is 58.3 Å². The normalized spacial score (nSPS) is 14.2. The highest BCUT2D eigenvalue weighted by Gasteiger charge is 2.49. The summed E-state index contributed by atoms with van der Waals surface area (Å²) >= 11 is 3.29. The van der Waals surface area contributed by atoms with Crippen molar-refractivity contribution in [3.8, 4) is 20.9 Å². The van der Waals surface area contributed by atoms with Crippen LogP contribution in [0.15, 0.2) is 83.9 Å². The molecule has 2 aromatic heterocycles. The lowest BCUT2D eigenvalue weighted by atomic mass is 10.1. The molecule has 0 bridgehead atoms. The second kappa shape index (κ2) is 22.3. The zero-order valence-corrected chi connectivity index (χ0v) is 36.8. The minimum atomic E-state index is -0.0419. The quantitative estimate of drug-likeness (QED) is 0.0487. The Morgan fingerprint density at radius 2 is 0.690 bits per heavy atom. The molecule has 2 aliphatic heterocycles. The van der Waals surface area contributed by atoms with E-state index < -0.39 is 0 Å². The van der Waals surface area contributed by atoms with E-state index in [1.54, 1.807) is 22.7 Å². The first-order chi connectivity index (χ1) is 28.4. The molecule has 0 unspecified atom stereocenters. The molecule has 2 aromatic carbocycles. The van der Waals surface area contributed by atoms with E-state index in [0.717, 1.165) is 79.1 Å². The van der Waals surface area contributed by atoms with Gasteiger partial charge in [-0.2, -0.15) is 0 Å². The second-order valence-corrected chi connectivity index (χ2v) is 18.5. The van der Waals surface area contributed by atoms with Gasteiger partial charge < -0.3 is 21.3 Å². The Hall–Kier alpha value is -4.14. The molecule has 58 heavy (non-hydrogen) atoms. The highest BCUT2D eigenvalue weighted by atomic mass is 32.1. The number of carbonyl (C=O) groups is 2. The van der Waals surface area contributed by atoms with E-state index in [2.05, 4.69) is 38.1 Å². The van der Waals surface area contributed by atoms with Crippen molar-refractivity contribution in [1.82, 2.24) is 9.80 Å². The third kappa shape index (κ3) is 11.1. The maximum absolute atomic E-state index is 14.9. The number of nitrogens with zero attached hydrogens (tertiary/aromatic N) is 2. The van der Waals surface area contributed by atoms with Crippen LogP contribution in [0.1, 0.15) is 152 Å². The number of unbranched alkanes of at least 4 members (excludes halogenated alkanes) is 18. The highest BCUT2D eigenvalue weighted by molar-refractivity contribution is 7.17. The molecule has 6 rings (SSSR count). The molecule has 4 heterocycles. The van der Waals surface area contributed by atoms with Gasteiger partial charge in [0.25, 0.3) is 11.8 Å². The Bertz CT molecular complexity index is 1840. The Kier molecular flexibility index (Phi) is 16.7. The number of carbonyl (C=O) groups excluding carboxylic acids is 2. The molecule has 2 amide bonds. The summed E-state index contributed by atoms with van der Waals surface area (Å²) < 4.78 is 0. The Balaban J connectivity index is 1.27. The van der Waals surface area contributed by atoms with Crippen LogP contribution in [0.5, 0.6) is 0 Å². The lowest BCUT2D eigenvalue weighted by Crippen LogP contribution is -2.30. The Labute approximate surface area is 356 Å². The molecule has 310 valence electrons. The summed E-state index contributed by atoms with van der Waals surface area (Å²) in [5.41, 5.74) is 18.4. The number of benzene rings is 2. The van der Waals surface area contributed by atoms with Crippen LogP contribution in [-0.2, 0) is 9.59 Å². The van der Waals surface area contributed by atoms with Crippen LogP contribution < -0.4 is 11.5 Å². The summed E-state index contributed by atoms with van der Waals surface area (Å²) in [6.07, 6.45) is 24.5. The van der Waals surface area contributed by atoms with Gasteiger partial charge in [0.1, 0.15) is 0 Å². The number of anilines is 2. The van der Waals surface area contributed by atoms with Crippen molar-refractivity contribution in [2.75, 3.05) is 24.6 Å². The van der Waals surface area contributed by atoms with Crippen molar-refractivity contribution in [2.45, 2.75) is 142 Å². The summed E-state index contributed by atoms with van der Waals surface area (Å²) in [7, 11) is 0. The van der Waals surface area contributed by atoms with Crippen LogP contribution in [0.4, 0.5) is 11.4 Å². The molecular formula is C50H66N4O2S2. The second-order valence-electron chi connectivity index (χ2n) is 16.3. The first-order valence-corrected chi connectivity index (χ1v) is 24.1. The van der Waals surface area contributed by atoms with Crippen LogP contribution in [0.3, 0.4) is 0 Å². The summed E-state index contributed by atoms with van der Waals surface area (Å²) in [6.45, 7) is 5.74. The van der Waals surface area contributed by atoms with Gasteiger partial charge in [-0.1, -0.05) is 154 Å². The van der Waals surface area contributed by atoms with Gasteiger partial charge in [-0.05, 0) is 72.5 Å². The number of nitrogen functional groups attached to an aromatic ring is 2. The van der Waals surface area contributed by atoms with Gasteiger partial charge in [-0.25, -0.2) is 0 Å². The van der Waals surface area contributed by atoms with Crippen molar-refractivity contribution in [1.29, 1.82) is 0 Å². The van der Waals surface area contributed by atoms with E-state index in [0.29, 0.717) is 24.2 Å². The van der Waals surface area contributed by atoms with E-state index in [9.17, 15) is 9.59 Å². The van der Waals surface area contributed by atoms with Crippen molar-refractivity contribution < 1.29 is 9.59 Å². The largest absolute Gasteiger partial charge is 0.399 e. The van der Waals surface area contributed by atoms with Crippen molar-refractivity contribution in [3.05, 3.63) is 93.7 Å². The molecule has 0 atom stereocenters. The molecule has 0 aliphatic carbocycles. The van der Waals surface area contributed by atoms with Gasteiger partial charge in [0.05, 0.1) is 32.3 Å². The van der Waals surface area contributed by atoms with E-state index >= 15 is 0 Å². The average Bonchev–Trinajstić information content (AvgIpc) is 4.02. The summed E-state index contributed by atoms with van der Waals surface area (Å²) in [6, 6.07) is 24.3. The predicted molar refractivity (Wildman–Crippen MR) is 249 cm³/mol. The van der Waals surface area contributed by atoms with E-state index in [4.69, 9.17) is 11.5 Å². The fourth-order valence-corrected chi connectivity index (χ4v) is 10.5. The number of hydrogen-bond donors (Lipinski definition) is 2. The molecule has 0 radical (unpaired) electrons. The van der Waals surface area contributed by atoms with Crippen LogP contribution in [-0.4, -0.2) is 34.7 Å². The van der Waals surface area contributed by atoms with Crippen LogP contribution in [0.2, 0.25) is 0 Å². The lowest BCUT2D eigenvalue weighted by molar-refractivity contribution is -0.124. The predicted octanol–water partition coefficient (Wildman–Crippen LogP) is 14.0. The van der Waals surface area contributed by atoms with Crippen molar-refractivity contribution in [2.24, 2.45) is 0 Å². The van der Waals surface area contributed by atoms with Gasteiger partial charge >= 0.3 is 0 Å². The van der Waals surface area contributed by atoms with Crippen molar-refractivity contribution in [3.63, 3.8) is 0 Å². The molecule has 0 saturated heterocycles. The average molecular weight is 819 g/mol. The molecule has 0 spiro atoms. The number of rotatable bonds is 26. The van der Waals surface area contributed by atoms with Gasteiger partial charge in [-0.15, -0.1) is 22.7 Å². The number of hydrogen-bond acceptors (Lipinski definition) is 6. The summed E-state index contributed by atoms with van der Waals surface area (Å²) in [5.74, 6) is -0.0839. The van der Waals surface area contributed by atoms with E-state index in [-0.39, 0.29) is 11.8 Å². The topological polar surface area (TPSA) is 92.7 Å². The number of fused-ring (bicyclic) bond motifs is 1. The SMILES string of the molecule is CCCCCCCCCCCCN1C(=O)C2=C(c3ccc(-c4ccc(N)cc4)s3)N(CCCCCCCCCCCC)C(=O)C2=C1c1ccc(-c2ccc(N)cc2)s1. The third-order valence-corrected chi connectivity index (χ3v) is 14.0. The first-order valence-electron chi connectivity index (χ1n) is 22.5. The number of thiophene rings is 2. The van der Waals surface area contributed by atoms with Gasteiger partial charge in [0.15, 0.2) is 0 Å².